The van der Waals surface area contributed by atoms with Crippen LogP contribution in [-0.2, 0) is 30.8 Å². The Balaban J connectivity index is 2.16. The van der Waals surface area contributed by atoms with E-state index in [0.717, 1.165) is 5.56 Å². The minimum Gasteiger partial charge on any atom is -0.343 e. The van der Waals surface area contributed by atoms with E-state index in [2.05, 4.69) is 10.6 Å². The Morgan fingerprint density at radius 2 is 1.42 bits per heavy atom. The van der Waals surface area contributed by atoms with E-state index in [1.165, 1.54) is 33.5 Å². The second kappa shape index (κ2) is 18.3. The minimum absolute atomic E-state index is 0.135. The van der Waals surface area contributed by atoms with Gasteiger partial charge in [0.15, 0.2) is 0 Å². The van der Waals surface area contributed by atoms with Gasteiger partial charge in [0.25, 0.3) is 0 Å². The molecule has 3 amide bonds. The van der Waals surface area contributed by atoms with Crippen LogP contribution in [-0.4, -0.2) is 86.7 Å². The Labute approximate surface area is 255 Å². The molecule has 0 aliphatic carbocycles. The average molecular weight is 618 g/mol. The summed E-state index contributed by atoms with van der Waals surface area (Å²) in [5.74, 6) is -1.49. The number of benzene rings is 2. The van der Waals surface area contributed by atoms with E-state index < -0.39 is 33.9 Å². The van der Waals surface area contributed by atoms with Crippen LogP contribution in [0.3, 0.4) is 0 Å². The first-order valence-electron chi connectivity index (χ1n) is 14.8. The van der Waals surface area contributed by atoms with E-state index in [9.17, 15) is 22.8 Å². The molecule has 0 spiro atoms. The van der Waals surface area contributed by atoms with Crippen LogP contribution in [0.15, 0.2) is 59.5 Å². The third kappa shape index (κ3) is 11.3. The molecule has 0 heterocycles. The summed E-state index contributed by atoms with van der Waals surface area (Å²) >= 11 is 0. The van der Waals surface area contributed by atoms with Gasteiger partial charge < -0.3 is 32.7 Å². The van der Waals surface area contributed by atoms with Crippen LogP contribution >= 0.6 is 0 Å². The summed E-state index contributed by atoms with van der Waals surface area (Å²) in [4.78, 5) is 40.6. The number of hydrogen-bond acceptors (Lipinski definition) is 8. The smallest absolute Gasteiger partial charge is 0.246 e. The van der Waals surface area contributed by atoms with Crippen LogP contribution in [0.4, 0.5) is 5.69 Å². The summed E-state index contributed by atoms with van der Waals surface area (Å²) in [6, 6.07) is 13.3. The summed E-state index contributed by atoms with van der Waals surface area (Å²) in [6.45, 7) is 5.77. The Kier molecular flexibility index (Phi) is 15.3. The molecule has 2 unspecified atom stereocenters. The molecule has 13 heteroatoms. The van der Waals surface area contributed by atoms with Gasteiger partial charge in [0.2, 0.25) is 27.7 Å². The van der Waals surface area contributed by atoms with Crippen LogP contribution in [0.2, 0.25) is 0 Å². The van der Waals surface area contributed by atoms with E-state index in [1.54, 1.807) is 0 Å². The number of nitrogens with zero attached hydrogens (tertiary/aromatic N) is 2. The molecular formula is C30H47N7O5S. The molecule has 0 aliphatic rings. The molecule has 0 aromatic heterocycles. The fourth-order valence-electron chi connectivity index (χ4n) is 4.53. The number of rotatable bonds is 19. The lowest BCUT2D eigenvalue weighted by molar-refractivity contribution is -0.134. The second-order valence-electron chi connectivity index (χ2n) is 10.3. The monoisotopic (exact) mass is 617 g/mol. The van der Waals surface area contributed by atoms with Crippen molar-refractivity contribution >= 4 is 33.4 Å². The van der Waals surface area contributed by atoms with Crippen molar-refractivity contribution in [3.63, 3.8) is 0 Å². The summed E-state index contributed by atoms with van der Waals surface area (Å²) in [5.41, 5.74) is 18.6. The lowest BCUT2D eigenvalue weighted by Gasteiger charge is -2.24. The maximum atomic E-state index is 13.4. The molecule has 2 aromatic rings. The Hall–Kier alpha value is -3.36. The van der Waals surface area contributed by atoms with E-state index in [4.69, 9.17) is 17.2 Å². The van der Waals surface area contributed by atoms with Gasteiger partial charge in [-0.3, -0.25) is 14.4 Å². The molecule has 0 aliphatic heterocycles. The van der Waals surface area contributed by atoms with Gasteiger partial charge in [-0.15, -0.1) is 0 Å². The van der Waals surface area contributed by atoms with E-state index in [-0.39, 0.29) is 36.7 Å². The van der Waals surface area contributed by atoms with Gasteiger partial charge in [-0.1, -0.05) is 44.2 Å². The predicted molar refractivity (Wildman–Crippen MR) is 168 cm³/mol. The molecule has 8 N–H and O–H groups in total. The normalized spacial score (nSPS) is 12.9. The predicted octanol–water partition coefficient (Wildman–Crippen LogP) is 1.02. The molecule has 0 bridgehead atoms. The van der Waals surface area contributed by atoms with Gasteiger partial charge in [0.1, 0.15) is 6.04 Å². The molecule has 12 nitrogen and oxygen atoms in total. The van der Waals surface area contributed by atoms with Crippen molar-refractivity contribution in [3.05, 3.63) is 60.2 Å². The highest BCUT2D eigenvalue weighted by Crippen LogP contribution is 2.20. The first kappa shape index (κ1) is 35.8. The van der Waals surface area contributed by atoms with Gasteiger partial charge in [-0.05, 0) is 55.5 Å². The highest BCUT2D eigenvalue weighted by Gasteiger charge is 2.27. The molecule has 0 saturated carbocycles. The van der Waals surface area contributed by atoms with Crippen molar-refractivity contribution in [1.82, 2.24) is 14.5 Å². The third-order valence-corrected chi connectivity index (χ3v) is 8.70. The largest absolute Gasteiger partial charge is 0.343 e. The van der Waals surface area contributed by atoms with Crippen molar-refractivity contribution in [2.24, 2.45) is 17.2 Å². The zero-order chi connectivity index (χ0) is 31.8. The number of hydrogen-bond donors (Lipinski definition) is 5. The van der Waals surface area contributed by atoms with E-state index in [0.29, 0.717) is 51.1 Å². The fraction of sp³-hybridized carbons (Fsp3) is 0.500. The molecule has 2 rings (SSSR count). The third-order valence-electron chi connectivity index (χ3n) is 6.79. The number of aryl methyl sites for hydroxylation is 1. The summed E-state index contributed by atoms with van der Waals surface area (Å²) in [6.07, 6.45) is 1.89. The standard InChI is InChI=1S/C30H47N7O5S/c1-3-18-37(19-4-2)43(41,42)25-13-11-24(12-14-25)34-30(40)27(15-10-23-8-6-5-7-9-23)35-29(39)26(33)22-28(38)36(20-16-31)21-17-32/h5-9,11-14,26-27H,3-4,10,15-22,31-33H2,1-2H3,(H,34,40)(H,35,39). The number of nitrogens with two attached hydrogens (primary N) is 3. The summed E-state index contributed by atoms with van der Waals surface area (Å²) in [7, 11) is -3.67. The molecule has 0 fully saturated rings. The Morgan fingerprint density at radius 3 is 1.95 bits per heavy atom. The van der Waals surface area contributed by atoms with Crippen LogP contribution in [0, 0.1) is 0 Å². The molecule has 0 saturated heterocycles. The molecule has 0 radical (unpaired) electrons. The maximum absolute atomic E-state index is 13.4. The number of anilines is 1. The Bertz CT molecular complexity index is 1250. The van der Waals surface area contributed by atoms with Crippen LogP contribution < -0.4 is 27.8 Å². The van der Waals surface area contributed by atoms with Crippen LogP contribution in [0.5, 0.6) is 0 Å². The minimum atomic E-state index is -3.67. The van der Waals surface area contributed by atoms with Gasteiger partial charge >= 0.3 is 0 Å². The van der Waals surface area contributed by atoms with Crippen molar-refractivity contribution in [2.75, 3.05) is 44.6 Å². The number of carbonyl (C=O) groups excluding carboxylic acids is 3. The quantitative estimate of drug-likeness (QED) is 0.154. The lowest BCUT2D eigenvalue weighted by atomic mass is 10.0. The topological polar surface area (TPSA) is 194 Å². The highest BCUT2D eigenvalue weighted by atomic mass is 32.2. The van der Waals surface area contributed by atoms with Crippen molar-refractivity contribution < 1.29 is 22.8 Å². The van der Waals surface area contributed by atoms with E-state index >= 15 is 0 Å². The molecular weight excluding hydrogens is 570 g/mol. The molecule has 2 aromatic carbocycles. The second-order valence-corrected chi connectivity index (χ2v) is 12.2. The van der Waals surface area contributed by atoms with Crippen LogP contribution in [0.25, 0.3) is 0 Å². The number of amides is 3. The first-order valence-corrected chi connectivity index (χ1v) is 16.2. The van der Waals surface area contributed by atoms with Gasteiger partial charge in [0.05, 0.1) is 17.4 Å². The maximum Gasteiger partial charge on any atom is 0.246 e. The fourth-order valence-corrected chi connectivity index (χ4v) is 6.15. The summed E-state index contributed by atoms with van der Waals surface area (Å²) < 4.78 is 27.6. The van der Waals surface area contributed by atoms with Crippen molar-refractivity contribution in [2.45, 2.75) is 62.9 Å². The molecule has 43 heavy (non-hydrogen) atoms. The van der Waals surface area contributed by atoms with Crippen molar-refractivity contribution in [3.8, 4) is 0 Å². The molecule has 238 valence electrons. The number of carbonyl (C=O) groups is 3. The zero-order valence-electron chi connectivity index (χ0n) is 25.2. The van der Waals surface area contributed by atoms with Crippen molar-refractivity contribution in [1.29, 1.82) is 0 Å². The van der Waals surface area contributed by atoms with E-state index in [1.807, 2.05) is 44.2 Å². The highest BCUT2D eigenvalue weighted by molar-refractivity contribution is 7.89. The van der Waals surface area contributed by atoms with Gasteiger partial charge in [-0.25, -0.2) is 8.42 Å². The number of nitrogens with one attached hydrogen (secondary N) is 2. The average Bonchev–Trinajstić information content (AvgIpc) is 2.99. The lowest BCUT2D eigenvalue weighted by Crippen LogP contribution is -2.52. The van der Waals surface area contributed by atoms with Gasteiger partial charge in [-0.2, -0.15) is 4.31 Å². The Morgan fingerprint density at radius 1 is 0.837 bits per heavy atom. The number of sulfonamides is 1. The molecule has 2 atom stereocenters. The SMILES string of the molecule is CCCN(CCC)S(=O)(=O)c1ccc(NC(=O)C(CCc2ccccc2)NC(=O)C(N)CC(=O)N(CCN)CCN)cc1. The zero-order valence-corrected chi connectivity index (χ0v) is 26.0. The van der Waals surface area contributed by atoms with Gasteiger partial charge in [0, 0.05) is 45.0 Å². The van der Waals surface area contributed by atoms with Crippen LogP contribution in [0.1, 0.15) is 45.1 Å². The summed E-state index contributed by atoms with van der Waals surface area (Å²) in [5, 5.41) is 5.46. The first-order chi connectivity index (χ1) is 20.6.